The number of hydrogen-bond donors (Lipinski definition) is 0. The quantitative estimate of drug-likeness (QED) is 0.837. The summed E-state index contributed by atoms with van der Waals surface area (Å²) in [6.45, 7) is 1.45. The molecule has 1 fully saturated rings. The molecule has 0 bridgehead atoms. The molecule has 5 heteroatoms. The monoisotopic (exact) mass is 363 g/mol. The summed E-state index contributed by atoms with van der Waals surface area (Å²) in [5, 5.41) is 0. The molecule has 0 spiro atoms. The number of amides is 1. The second-order valence-corrected chi connectivity index (χ2v) is 7.50. The number of aromatic nitrogens is 2. The molecule has 2 aliphatic rings. The Morgan fingerprint density at radius 3 is 2.78 bits per heavy atom. The predicted octanol–water partition coefficient (Wildman–Crippen LogP) is 3.33. The number of hydrogen-bond acceptors (Lipinski definition) is 3. The van der Waals surface area contributed by atoms with Crippen LogP contribution in [-0.2, 0) is 16.6 Å². The number of benzene rings is 1. The first-order chi connectivity index (χ1) is 13.1. The van der Waals surface area contributed by atoms with Crippen molar-refractivity contribution in [1.29, 1.82) is 0 Å². The van der Waals surface area contributed by atoms with Gasteiger partial charge in [-0.05, 0) is 30.4 Å². The van der Waals surface area contributed by atoms with Gasteiger partial charge in [0.1, 0.15) is 5.82 Å². The summed E-state index contributed by atoms with van der Waals surface area (Å²) in [7, 11) is 2.00. The van der Waals surface area contributed by atoms with Gasteiger partial charge < -0.3 is 9.47 Å². The second kappa shape index (κ2) is 7.51. The molecule has 1 unspecified atom stereocenters. The van der Waals surface area contributed by atoms with Crippen LogP contribution < -0.4 is 0 Å². The third kappa shape index (κ3) is 3.59. The van der Waals surface area contributed by atoms with Gasteiger partial charge in [0.25, 0.3) is 0 Å². The number of allylic oxidation sites excluding steroid dienone is 1. The van der Waals surface area contributed by atoms with Crippen LogP contribution >= 0.6 is 0 Å². The molecule has 1 amide bonds. The lowest BCUT2D eigenvalue weighted by Crippen LogP contribution is -2.40. The molecule has 1 atom stereocenters. The van der Waals surface area contributed by atoms with Crippen molar-refractivity contribution in [2.75, 3.05) is 13.1 Å². The molecule has 140 valence electrons. The highest BCUT2D eigenvalue weighted by Crippen LogP contribution is 2.34. The lowest BCUT2D eigenvalue weighted by atomic mass is 9.95. The van der Waals surface area contributed by atoms with Crippen molar-refractivity contribution in [2.45, 2.75) is 38.0 Å². The maximum Gasteiger partial charge on any atom is 0.227 e. The van der Waals surface area contributed by atoms with Gasteiger partial charge in [-0.25, -0.2) is 4.98 Å². The van der Waals surface area contributed by atoms with Gasteiger partial charge in [0.2, 0.25) is 5.91 Å². The van der Waals surface area contributed by atoms with Crippen molar-refractivity contribution in [2.24, 2.45) is 7.05 Å². The Kier molecular flexibility index (Phi) is 4.92. The van der Waals surface area contributed by atoms with E-state index in [4.69, 9.17) is 0 Å². The first-order valence-corrected chi connectivity index (χ1v) is 9.69. The van der Waals surface area contributed by atoms with E-state index in [0.29, 0.717) is 18.5 Å². The Hall–Kier alpha value is -2.69. The van der Waals surface area contributed by atoms with Crippen LogP contribution in [0.25, 0.3) is 5.57 Å². The van der Waals surface area contributed by atoms with Gasteiger partial charge in [0, 0.05) is 50.4 Å². The fourth-order valence-electron chi connectivity index (χ4n) is 4.32. The zero-order valence-electron chi connectivity index (χ0n) is 15.7. The van der Waals surface area contributed by atoms with Crippen LogP contribution in [0.4, 0.5) is 0 Å². The Labute approximate surface area is 159 Å². The van der Waals surface area contributed by atoms with E-state index in [1.165, 1.54) is 0 Å². The number of rotatable bonds is 4. The van der Waals surface area contributed by atoms with E-state index in [2.05, 4.69) is 4.98 Å². The number of piperidine rings is 1. The molecule has 1 aromatic heterocycles. The van der Waals surface area contributed by atoms with E-state index in [0.717, 1.165) is 42.8 Å². The molecule has 0 N–H and O–H groups in total. The molecule has 1 aliphatic carbocycles. The molecule has 4 rings (SSSR count). The van der Waals surface area contributed by atoms with Crippen LogP contribution in [0.2, 0.25) is 0 Å². The third-order valence-corrected chi connectivity index (χ3v) is 5.75. The molecule has 1 saturated heterocycles. The number of ketones is 1. The van der Waals surface area contributed by atoms with Gasteiger partial charge in [-0.3, -0.25) is 9.59 Å². The number of nitrogens with zero attached hydrogens (tertiary/aromatic N) is 3. The number of imidazole rings is 1. The zero-order valence-corrected chi connectivity index (χ0v) is 15.7. The minimum atomic E-state index is 0.0626. The Balaban J connectivity index is 1.51. The largest absolute Gasteiger partial charge is 0.342 e. The van der Waals surface area contributed by atoms with Crippen LogP contribution in [0.15, 0.2) is 48.3 Å². The average Bonchev–Trinajstić information content (AvgIpc) is 3.28. The lowest BCUT2D eigenvalue weighted by molar-refractivity contribution is -0.132. The minimum Gasteiger partial charge on any atom is -0.342 e. The normalized spacial score (nSPS) is 20.4. The van der Waals surface area contributed by atoms with E-state index >= 15 is 0 Å². The topological polar surface area (TPSA) is 55.2 Å². The van der Waals surface area contributed by atoms with E-state index < -0.39 is 0 Å². The molecule has 0 saturated carbocycles. The number of likely N-dealkylation sites (tertiary alicyclic amines) is 1. The highest BCUT2D eigenvalue weighted by molar-refractivity contribution is 6.10. The van der Waals surface area contributed by atoms with Gasteiger partial charge >= 0.3 is 0 Å². The molecule has 2 aromatic rings. The minimum absolute atomic E-state index is 0.0626. The molecule has 1 aromatic carbocycles. The third-order valence-electron chi connectivity index (χ3n) is 5.75. The van der Waals surface area contributed by atoms with E-state index in [-0.39, 0.29) is 24.0 Å². The zero-order chi connectivity index (χ0) is 18.8. The van der Waals surface area contributed by atoms with E-state index in [1.807, 2.05) is 59.2 Å². The number of carbonyl (C=O) groups excluding carboxylic acids is 2. The Bertz CT molecular complexity index is 882. The summed E-state index contributed by atoms with van der Waals surface area (Å²) in [5.41, 5.74) is 2.83. The van der Waals surface area contributed by atoms with Crippen molar-refractivity contribution in [3.8, 4) is 0 Å². The van der Waals surface area contributed by atoms with Gasteiger partial charge in [-0.1, -0.05) is 30.3 Å². The summed E-state index contributed by atoms with van der Waals surface area (Å²) in [5.74, 6) is 1.49. The summed E-state index contributed by atoms with van der Waals surface area (Å²) in [4.78, 5) is 31.8. The van der Waals surface area contributed by atoms with Crippen LogP contribution in [-0.4, -0.2) is 39.2 Å². The summed E-state index contributed by atoms with van der Waals surface area (Å²) in [6, 6.07) is 9.98. The van der Waals surface area contributed by atoms with Gasteiger partial charge in [0.15, 0.2) is 5.78 Å². The molecular weight excluding hydrogens is 338 g/mol. The SMILES string of the molecule is Cn1ccnc1C1CCCN(C(=O)CC2=C(c3ccccc3)CCC2=O)C1. The van der Waals surface area contributed by atoms with E-state index in [9.17, 15) is 9.59 Å². The van der Waals surface area contributed by atoms with Gasteiger partial charge in [-0.2, -0.15) is 0 Å². The molecule has 1 aliphatic heterocycles. The van der Waals surface area contributed by atoms with Crippen LogP contribution in [0.3, 0.4) is 0 Å². The number of aryl methyl sites for hydroxylation is 1. The van der Waals surface area contributed by atoms with Crippen molar-refractivity contribution in [3.63, 3.8) is 0 Å². The maximum atomic E-state index is 13.0. The predicted molar refractivity (Wildman–Crippen MR) is 104 cm³/mol. The van der Waals surface area contributed by atoms with Crippen molar-refractivity contribution in [3.05, 3.63) is 59.7 Å². The summed E-state index contributed by atoms with van der Waals surface area (Å²) in [6.07, 6.45) is 7.25. The smallest absolute Gasteiger partial charge is 0.227 e. The standard InChI is InChI=1S/C22H25N3O2/c1-24-13-11-23-22(24)17-8-5-12-25(15-17)21(27)14-19-18(9-10-20(19)26)16-6-3-2-4-7-16/h2-4,6-7,11,13,17H,5,8-10,12,14-15H2,1H3. The molecule has 2 heterocycles. The van der Waals surface area contributed by atoms with Crippen LogP contribution in [0.5, 0.6) is 0 Å². The first kappa shape index (κ1) is 17.7. The molecule has 27 heavy (non-hydrogen) atoms. The maximum absolute atomic E-state index is 13.0. The van der Waals surface area contributed by atoms with E-state index in [1.54, 1.807) is 0 Å². The molecule has 0 radical (unpaired) electrons. The lowest BCUT2D eigenvalue weighted by Gasteiger charge is -2.32. The second-order valence-electron chi connectivity index (χ2n) is 7.50. The first-order valence-electron chi connectivity index (χ1n) is 9.69. The van der Waals surface area contributed by atoms with Crippen molar-refractivity contribution in [1.82, 2.24) is 14.5 Å². The molecule has 5 nitrogen and oxygen atoms in total. The molecular formula is C22H25N3O2. The fraction of sp³-hybridized carbons (Fsp3) is 0.409. The van der Waals surface area contributed by atoms with Gasteiger partial charge in [-0.15, -0.1) is 0 Å². The highest BCUT2D eigenvalue weighted by atomic mass is 16.2. The fourth-order valence-corrected chi connectivity index (χ4v) is 4.32. The highest BCUT2D eigenvalue weighted by Gasteiger charge is 2.30. The summed E-state index contributed by atoms with van der Waals surface area (Å²) < 4.78 is 2.04. The number of Topliss-reactive ketones (excluding diaryl/α,β-unsaturated/α-hetero) is 1. The van der Waals surface area contributed by atoms with Crippen molar-refractivity contribution >= 4 is 17.3 Å². The van der Waals surface area contributed by atoms with Gasteiger partial charge in [0.05, 0.1) is 6.42 Å². The number of carbonyl (C=O) groups is 2. The average molecular weight is 363 g/mol. The Morgan fingerprint density at radius 2 is 2.04 bits per heavy atom. The summed E-state index contributed by atoms with van der Waals surface area (Å²) >= 11 is 0. The Morgan fingerprint density at radius 1 is 1.22 bits per heavy atom. The van der Waals surface area contributed by atoms with Crippen LogP contribution in [0, 0.1) is 0 Å². The van der Waals surface area contributed by atoms with Crippen LogP contribution in [0.1, 0.15) is 49.4 Å². The van der Waals surface area contributed by atoms with Crippen molar-refractivity contribution < 1.29 is 9.59 Å².